The van der Waals surface area contributed by atoms with Crippen LogP contribution < -0.4 is 4.90 Å². The number of carboxylic acids is 1. The summed E-state index contributed by atoms with van der Waals surface area (Å²) in [5.74, 6) is -0.886. The lowest BCUT2D eigenvalue weighted by Crippen LogP contribution is -2.42. The van der Waals surface area contributed by atoms with Crippen molar-refractivity contribution in [3.63, 3.8) is 0 Å². The van der Waals surface area contributed by atoms with Crippen molar-refractivity contribution >= 4 is 11.7 Å². The van der Waals surface area contributed by atoms with Crippen LogP contribution in [0.25, 0.3) is 0 Å². The number of carbonyl (C=O) groups is 1. The minimum atomic E-state index is -0.886. The Morgan fingerprint density at radius 2 is 2.16 bits per heavy atom. The summed E-state index contributed by atoms with van der Waals surface area (Å²) < 4.78 is 0. The Labute approximate surface area is 113 Å². The molecule has 0 saturated heterocycles. The molecule has 2 N–H and O–H groups in total. The predicted octanol–water partition coefficient (Wildman–Crippen LogP) is 2.43. The molecule has 4 nitrogen and oxygen atoms in total. The molecule has 0 unspecified atom stereocenters. The maximum absolute atomic E-state index is 11.4. The van der Waals surface area contributed by atoms with Gasteiger partial charge in [0.15, 0.2) is 0 Å². The number of anilines is 1. The summed E-state index contributed by atoms with van der Waals surface area (Å²) in [6.45, 7) is 2.82. The molecule has 104 valence electrons. The average Bonchev–Trinajstić information content (AvgIpc) is 2.31. The van der Waals surface area contributed by atoms with Crippen LogP contribution in [0.15, 0.2) is 18.2 Å². The number of aryl methyl sites for hydroxylation is 1. The maximum atomic E-state index is 11.4. The fraction of sp³-hybridized carbons (Fsp3) is 0.533. The van der Waals surface area contributed by atoms with Crippen LogP contribution in [0.1, 0.15) is 41.6 Å². The van der Waals surface area contributed by atoms with Crippen LogP contribution in [-0.2, 0) is 0 Å². The van der Waals surface area contributed by atoms with Crippen LogP contribution in [0, 0.1) is 6.92 Å². The van der Waals surface area contributed by atoms with E-state index in [-0.39, 0.29) is 6.61 Å². The lowest BCUT2D eigenvalue weighted by molar-refractivity contribution is 0.0697. The normalized spacial score (nSPS) is 15.1. The Balaban J connectivity index is 2.33. The second-order valence-electron chi connectivity index (χ2n) is 5.18. The number of aliphatic hydroxyl groups excluding tert-OH is 1. The summed E-state index contributed by atoms with van der Waals surface area (Å²) in [5, 5.41) is 18.4. The molecule has 0 amide bonds. The SMILES string of the molecule is Cc1ccc(C(=O)O)c(N(CCCO)C2CCC2)c1. The summed E-state index contributed by atoms with van der Waals surface area (Å²) in [4.78, 5) is 13.5. The number of benzene rings is 1. The molecule has 1 saturated carbocycles. The van der Waals surface area contributed by atoms with E-state index in [0.717, 1.165) is 24.1 Å². The van der Waals surface area contributed by atoms with Crippen molar-refractivity contribution in [1.82, 2.24) is 0 Å². The van der Waals surface area contributed by atoms with Crippen LogP contribution in [0.2, 0.25) is 0 Å². The van der Waals surface area contributed by atoms with E-state index < -0.39 is 5.97 Å². The second kappa shape index (κ2) is 6.06. The van der Waals surface area contributed by atoms with Gasteiger partial charge < -0.3 is 15.1 Å². The van der Waals surface area contributed by atoms with Crippen molar-refractivity contribution in [1.29, 1.82) is 0 Å². The van der Waals surface area contributed by atoms with Gasteiger partial charge in [-0.1, -0.05) is 6.07 Å². The summed E-state index contributed by atoms with van der Waals surface area (Å²) >= 11 is 0. The molecule has 0 heterocycles. The Morgan fingerprint density at radius 1 is 1.42 bits per heavy atom. The van der Waals surface area contributed by atoms with Crippen LogP contribution in [0.5, 0.6) is 0 Å². The molecule has 1 aliphatic carbocycles. The molecule has 4 heteroatoms. The number of hydrogen-bond acceptors (Lipinski definition) is 3. The number of rotatable bonds is 6. The van der Waals surface area contributed by atoms with E-state index >= 15 is 0 Å². The monoisotopic (exact) mass is 263 g/mol. The van der Waals surface area contributed by atoms with E-state index in [4.69, 9.17) is 5.11 Å². The summed E-state index contributed by atoms with van der Waals surface area (Å²) in [6, 6.07) is 5.88. The van der Waals surface area contributed by atoms with Crippen LogP contribution in [0.4, 0.5) is 5.69 Å². The van der Waals surface area contributed by atoms with E-state index in [1.165, 1.54) is 6.42 Å². The van der Waals surface area contributed by atoms with Crippen molar-refractivity contribution in [2.45, 2.75) is 38.6 Å². The first-order chi connectivity index (χ1) is 9.13. The molecule has 19 heavy (non-hydrogen) atoms. The van der Waals surface area contributed by atoms with Crippen LogP contribution >= 0.6 is 0 Å². The van der Waals surface area contributed by atoms with Gasteiger partial charge in [0.05, 0.1) is 11.3 Å². The number of aliphatic hydroxyl groups is 1. The van der Waals surface area contributed by atoms with Crippen molar-refractivity contribution in [3.8, 4) is 0 Å². The molecule has 1 aliphatic rings. The first kappa shape index (κ1) is 13.9. The number of hydrogen-bond donors (Lipinski definition) is 2. The van der Waals surface area contributed by atoms with Gasteiger partial charge in [-0.25, -0.2) is 4.79 Å². The smallest absolute Gasteiger partial charge is 0.337 e. The highest BCUT2D eigenvalue weighted by atomic mass is 16.4. The zero-order valence-electron chi connectivity index (χ0n) is 11.3. The second-order valence-corrected chi connectivity index (χ2v) is 5.18. The third kappa shape index (κ3) is 3.07. The van der Waals surface area contributed by atoms with Crippen LogP contribution in [-0.4, -0.2) is 35.4 Å². The van der Waals surface area contributed by atoms with Gasteiger partial charge in [-0.3, -0.25) is 0 Å². The minimum absolute atomic E-state index is 0.136. The maximum Gasteiger partial charge on any atom is 0.337 e. The lowest BCUT2D eigenvalue weighted by Gasteiger charge is -2.40. The zero-order valence-corrected chi connectivity index (χ0v) is 11.3. The molecule has 2 rings (SSSR count). The molecule has 1 aromatic rings. The molecule has 0 aromatic heterocycles. The third-order valence-electron chi connectivity index (χ3n) is 3.77. The topological polar surface area (TPSA) is 60.8 Å². The predicted molar refractivity (Wildman–Crippen MR) is 74.8 cm³/mol. The zero-order chi connectivity index (χ0) is 13.8. The largest absolute Gasteiger partial charge is 0.478 e. The molecule has 0 bridgehead atoms. The van der Waals surface area contributed by atoms with Gasteiger partial charge in [-0.2, -0.15) is 0 Å². The third-order valence-corrected chi connectivity index (χ3v) is 3.77. The summed E-state index contributed by atoms with van der Waals surface area (Å²) in [7, 11) is 0. The Kier molecular flexibility index (Phi) is 4.43. The van der Waals surface area contributed by atoms with Gasteiger partial charge in [0.25, 0.3) is 0 Å². The highest BCUT2D eigenvalue weighted by Crippen LogP contribution is 2.32. The fourth-order valence-corrected chi connectivity index (χ4v) is 2.50. The van der Waals surface area contributed by atoms with Gasteiger partial charge >= 0.3 is 5.97 Å². The van der Waals surface area contributed by atoms with Crippen molar-refractivity contribution in [2.75, 3.05) is 18.1 Å². The summed E-state index contributed by atoms with van der Waals surface area (Å²) in [6.07, 6.45) is 4.09. The molecule has 0 aliphatic heterocycles. The Bertz CT molecular complexity index is 455. The average molecular weight is 263 g/mol. The van der Waals surface area contributed by atoms with Gasteiger partial charge in [0.1, 0.15) is 0 Å². The van der Waals surface area contributed by atoms with E-state index in [0.29, 0.717) is 24.6 Å². The molecule has 1 fully saturated rings. The van der Waals surface area contributed by atoms with Gasteiger partial charge in [-0.15, -0.1) is 0 Å². The minimum Gasteiger partial charge on any atom is -0.478 e. The molecule has 0 spiro atoms. The molecule has 0 radical (unpaired) electrons. The quantitative estimate of drug-likeness (QED) is 0.827. The van der Waals surface area contributed by atoms with Gasteiger partial charge in [0, 0.05) is 19.2 Å². The molecular weight excluding hydrogens is 242 g/mol. The highest BCUT2D eigenvalue weighted by molar-refractivity contribution is 5.94. The first-order valence-corrected chi connectivity index (χ1v) is 6.85. The van der Waals surface area contributed by atoms with E-state index in [2.05, 4.69) is 4.90 Å². The lowest BCUT2D eigenvalue weighted by atomic mass is 9.90. The highest BCUT2D eigenvalue weighted by Gasteiger charge is 2.27. The van der Waals surface area contributed by atoms with Crippen molar-refractivity contribution in [2.24, 2.45) is 0 Å². The molecular formula is C15H21NO3. The van der Waals surface area contributed by atoms with E-state index in [1.54, 1.807) is 6.07 Å². The van der Waals surface area contributed by atoms with E-state index in [9.17, 15) is 9.90 Å². The first-order valence-electron chi connectivity index (χ1n) is 6.85. The Morgan fingerprint density at radius 3 is 2.68 bits per heavy atom. The van der Waals surface area contributed by atoms with Crippen molar-refractivity contribution < 1.29 is 15.0 Å². The summed E-state index contributed by atoms with van der Waals surface area (Å²) in [5.41, 5.74) is 2.22. The fourth-order valence-electron chi connectivity index (χ4n) is 2.50. The van der Waals surface area contributed by atoms with Crippen LogP contribution in [0.3, 0.4) is 0 Å². The molecule has 1 aromatic carbocycles. The number of aromatic carboxylic acids is 1. The van der Waals surface area contributed by atoms with Gasteiger partial charge in [-0.05, 0) is 50.3 Å². The number of carboxylic acid groups (broad SMARTS) is 1. The Hall–Kier alpha value is -1.55. The standard InChI is InChI=1S/C15H21NO3/c1-11-6-7-13(15(18)19)14(10-11)16(8-3-9-17)12-4-2-5-12/h6-7,10,12,17H,2-5,8-9H2,1H3,(H,18,19). The van der Waals surface area contributed by atoms with Gasteiger partial charge in [0.2, 0.25) is 0 Å². The number of nitrogens with zero attached hydrogens (tertiary/aromatic N) is 1. The molecule has 0 atom stereocenters. The van der Waals surface area contributed by atoms with Crippen molar-refractivity contribution in [3.05, 3.63) is 29.3 Å². The van der Waals surface area contributed by atoms with E-state index in [1.807, 2.05) is 19.1 Å².